The number of pyridine rings is 1. The number of aromatic nitrogens is 3. The Morgan fingerprint density at radius 2 is 2.12 bits per heavy atom. The van der Waals surface area contributed by atoms with E-state index in [-0.39, 0.29) is 5.38 Å². The molecule has 2 aromatic rings. The van der Waals surface area contributed by atoms with Gasteiger partial charge in [-0.2, -0.15) is 0 Å². The number of hydrogen-bond donors (Lipinski definition) is 0. The summed E-state index contributed by atoms with van der Waals surface area (Å²) < 4.78 is 2.24. The summed E-state index contributed by atoms with van der Waals surface area (Å²) in [6, 6.07) is 4.56. The Hall–Kier alpha value is -1.09. The lowest BCUT2D eigenvalue weighted by Crippen LogP contribution is -2.04. The first-order chi connectivity index (χ1) is 8.08. The van der Waals surface area contributed by atoms with Gasteiger partial charge >= 0.3 is 0 Å². The van der Waals surface area contributed by atoms with Crippen LogP contribution < -0.4 is 0 Å². The Labute approximate surface area is 106 Å². The quantitative estimate of drug-likeness (QED) is 0.761. The fourth-order valence-corrected chi connectivity index (χ4v) is 2.51. The highest BCUT2D eigenvalue weighted by atomic mass is 35.5. The number of fused-ring (bicyclic) bond motifs is 1. The number of hydrogen-bond acceptors (Lipinski definition) is 2. The maximum absolute atomic E-state index is 6.23. The van der Waals surface area contributed by atoms with E-state index < -0.39 is 0 Å². The Morgan fingerprint density at radius 1 is 1.41 bits per heavy atom. The molecular formula is C13H16ClN3. The van der Waals surface area contributed by atoms with Crippen LogP contribution >= 0.6 is 11.6 Å². The number of rotatable bonds is 2. The van der Waals surface area contributed by atoms with Crippen LogP contribution in [-0.4, -0.2) is 14.5 Å². The lowest BCUT2D eigenvalue weighted by Gasteiger charge is -2.08. The minimum Gasteiger partial charge on any atom is -0.308 e. The molecule has 0 bridgehead atoms. The SMILES string of the molecule is Cc1ccc2nc(C(C)Cl)n(C3CC3C)c2n1. The summed E-state index contributed by atoms with van der Waals surface area (Å²) in [4.78, 5) is 9.23. The largest absolute Gasteiger partial charge is 0.308 e. The van der Waals surface area contributed by atoms with Gasteiger partial charge in [-0.1, -0.05) is 6.92 Å². The van der Waals surface area contributed by atoms with Crippen molar-refractivity contribution in [3.63, 3.8) is 0 Å². The van der Waals surface area contributed by atoms with Crippen LogP contribution in [0, 0.1) is 12.8 Å². The maximum atomic E-state index is 6.23. The second-order valence-electron chi connectivity index (χ2n) is 5.03. The van der Waals surface area contributed by atoms with Gasteiger partial charge in [-0.05, 0) is 38.3 Å². The van der Waals surface area contributed by atoms with Crippen molar-refractivity contribution in [1.29, 1.82) is 0 Å². The summed E-state index contributed by atoms with van der Waals surface area (Å²) in [5.74, 6) is 1.66. The number of aryl methyl sites for hydroxylation is 1. The molecule has 2 aromatic heterocycles. The van der Waals surface area contributed by atoms with Crippen LogP contribution in [0.4, 0.5) is 0 Å². The van der Waals surface area contributed by atoms with Gasteiger partial charge in [0.05, 0.1) is 5.38 Å². The van der Waals surface area contributed by atoms with Crippen molar-refractivity contribution in [3.8, 4) is 0 Å². The first-order valence-corrected chi connectivity index (χ1v) is 6.51. The minimum atomic E-state index is -0.0719. The number of alkyl halides is 1. The molecule has 0 amide bonds. The second-order valence-corrected chi connectivity index (χ2v) is 5.69. The molecule has 90 valence electrons. The van der Waals surface area contributed by atoms with Crippen LogP contribution in [-0.2, 0) is 0 Å². The van der Waals surface area contributed by atoms with E-state index in [1.54, 1.807) is 0 Å². The third kappa shape index (κ3) is 1.73. The zero-order valence-corrected chi connectivity index (χ0v) is 11.1. The first kappa shape index (κ1) is 11.0. The zero-order valence-electron chi connectivity index (χ0n) is 10.3. The number of imidazole rings is 1. The van der Waals surface area contributed by atoms with Gasteiger partial charge in [-0.25, -0.2) is 9.97 Å². The minimum absolute atomic E-state index is 0.0719. The molecule has 3 unspecified atom stereocenters. The third-order valence-corrected chi connectivity index (χ3v) is 3.65. The lowest BCUT2D eigenvalue weighted by atomic mass is 10.3. The monoisotopic (exact) mass is 249 g/mol. The average molecular weight is 250 g/mol. The van der Waals surface area contributed by atoms with Crippen LogP contribution in [0.5, 0.6) is 0 Å². The molecule has 0 aromatic carbocycles. The van der Waals surface area contributed by atoms with Crippen LogP contribution in [0.1, 0.15) is 43.2 Å². The molecule has 17 heavy (non-hydrogen) atoms. The van der Waals surface area contributed by atoms with Crippen LogP contribution in [0.3, 0.4) is 0 Å². The molecule has 0 saturated heterocycles. The molecule has 1 aliphatic carbocycles. The van der Waals surface area contributed by atoms with E-state index in [0.717, 1.165) is 22.7 Å². The highest BCUT2D eigenvalue weighted by molar-refractivity contribution is 6.20. The van der Waals surface area contributed by atoms with Gasteiger partial charge in [0.2, 0.25) is 0 Å². The molecule has 3 rings (SSSR count). The molecule has 1 fully saturated rings. The summed E-state index contributed by atoms with van der Waals surface area (Å²) >= 11 is 6.23. The second kappa shape index (κ2) is 3.70. The molecule has 3 atom stereocenters. The summed E-state index contributed by atoms with van der Waals surface area (Å²) in [6.45, 7) is 6.24. The molecule has 3 nitrogen and oxygen atoms in total. The fourth-order valence-electron chi connectivity index (χ4n) is 2.36. The molecule has 0 radical (unpaired) electrons. The number of halogens is 1. The molecule has 0 N–H and O–H groups in total. The van der Waals surface area contributed by atoms with E-state index in [9.17, 15) is 0 Å². The summed E-state index contributed by atoms with van der Waals surface area (Å²) in [5.41, 5.74) is 2.97. The van der Waals surface area contributed by atoms with Crippen LogP contribution in [0.25, 0.3) is 11.2 Å². The van der Waals surface area contributed by atoms with E-state index in [1.165, 1.54) is 6.42 Å². The molecule has 0 spiro atoms. The van der Waals surface area contributed by atoms with Crippen molar-refractivity contribution < 1.29 is 0 Å². The van der Waals surface area contributed by atoms with E-state index in [4.69, 9.17) is 11.6 Å². The number of nitrogens with zero attached hydrogens (tertiary/aromatic N) is 3. The normalized spacial score (nSPS) is 25.2. The predicted octanol–water partition coefficient (Wildman–Crippen LogP) is 3.62. The van der Waals surface area contributed by atoms with Crippen molar-refractivity contribution >= 4 is 22.8 Å². The van der Waals surface area contributed by atoms with E-state index in [2.05, 4.69) is 21.5 Å². The van der Waals surface area contributed by atoms with E-state index in [0.29, 0.717) is 12.0 Å². The topological polar surface area (TPSA) is 30.7 Å². The van der Waals surface area contributed by atoms with Gasteiger partial charge in [0.15, 0.2) is 5.65 Å². The molecular weight excluding hydrogens is 234 g/mol. The molecule has 1 aliphatic rings. The summed E-state index contributed by atoms with van der Waals surface area (Å²) in [6.07, 6.45) is 1.21. The molecule has 1 saturated carbocycles. The standard InChI is InChI=1S/C13H16ClN3/c1-7-6-11(7)17-12(9(3)14)16-10-5-4-8(2)15-13(10)17/h4-5,7,9,11H,6H2,1-3H3. The Balaban J connectivity index is 2.25. The van der Waals surface area contributed by atoms with Crippen LogP contribution in [0.15, 0.2) is 12.1 Å². The Morgan fingerprint density at radius 3 is 2.71 bits per heavy atom. The third-order valence-electron chi connectivity index (χ3n) is 3.46. The zero-order chi connectivity index (χ0) is 12.2. The summed E-state index contributed by atoms with van der Waals surface area (Å²) in [7, 11) is 0. The lowest BCUT2D eigenvalue weighted by molar-refractivity contribution is 0.653. The Kier molecular flexibility index (Phi) is 2.40. The Bertz CT molecular complexity index is 573. The summed E-state index contributed by atoms with van der Waals surface area (Å²) in [5, 5.41) is -0.0719. The van der Waals surface area contributed by atoms with Gasteiger partial charge in [-0.3, -0.25) is 0 Å². The van der Waals surface area contributed by atoms with Crippen molar-refractivity contribution in [2.45, 2.75) is 38.6 Å². The average Bonchev–Trinajstić information content (AvgIpc) is 2.86. The van der Waals surface area contributed by atoms with Crippen molar-refractivity contribution in [2.75, 3.05) is 0 Å². The van der Waals surface area contributed by atoms with Crippen LogP contribution in [0.2, 0.25) is 0 Å². The van der Waals surface area contributed by atoms with Crippen molar-refractivity contribution in [2.24, 2.45) is 5.92 Å². The van der Waals surface area contributed by atoms with Gasteiger partial charge in [0, 0.05) is 11.7 Å². The van der Waals surface area contributed by atoms with Gasteiger partial charge in [0.25, 0.3) is 0 Å². The highest BCUT2D eigenvalue weighted by Gasteiger charge is 2.38. The fraction of sp³-hybridized carbons (Fsp3) is 0.538. The maximum Gasteiger partial charge on any atom is 0.160 e. The molecule has 4 heteroatoms. The van der Waals surface area contributed by atoms with Gasteiger partial charge < -0.3 is 4.57 Å². The predicted molar refractivity (Wildman–Crippen MR) is 69.4 cm³/mol. The van der Waals surface area contributed by atoms with Gasteiger partial charge in [0.1, 0.15) is 11.3 Å². The molecule has 2 heterocycles. The van der Waals surface area contributed by atoms with E-state index >= 15 is 0 Å². The van der Waals surface area contributed by atoms with E-state index in [1.807, 2.05) is 26.0 Å². The first-order valence-electron chi connectivity index (χ1n) is 6.07. The molecule has 0 aliphatic heterocycles. The highest BCUT2D eigenvalue weighted by Crippen LogP contribution is 2.46. The van der Waals surface area contributed by atoms with Gasteiger partial charge in [-0.15, -0.1) is 11.6 Å². The van der Waals surface area contributed by atoms with Crippen molar-refractivity contribution in [1.82, 2.24) is 14.5 Å². The smallest absolute Gasteiger partial charge is 0.160 e. The van der Waals surface area contributed by atoms with Crippen molar-refractivity contribution in [3.05, 3.63) is 23.7 Å².